The number of hydrogen-bond acceptors (Lipinski definition) is 4. The van der Waals surface area contributed by atoms with Crippen LogP contribution in [0.15, 0.2) is 24.4 Å². The standard InChI is InChI=1S/C16H24N2O.C5H8O4/c1-11(2)18(12(3)4)9-8-13-10-17-14-6-5-7-15(19)16(13)14;6-4(7)2-1-3-5(8)9/h5-7,10-12,17,19H,8-9H2,1-4H3;1-3H2,(H,6,7)(H,8,9). The SMILES string of the molecule is CC(C)[NH+](CCc1c[nH]c2cccc(O)c12)C(C)C.O=C([O-])CCCC(=O)O. The third-order valence-corrected chi connectivity index (χ3v) is 4.70. The number of carbonyl (C=O) groups excluding carboxylic acids is 1. The first-order chi connectivity index (χ1) is 13.1. The number of benzene rings is 1. The number of phenols is 1. The van der Waals surface area contributed by atoms with Crippen molar-refractivity contribution < 1.29 is 29.8 Å². The van der Waals surface area contributed by atoms with E-state index < -0.39 is 11.9 Å². The molecule has 0 unspecified atom stereocenters. The molecule has 7 heteroatoms. The molecule has 0 amide bonds. The van der Waals surface area contributed by atoms with E-state index in [1.165, 1.54) is 5.56 Å². The molecule has 1 aromatic carbocycles. The molecule has 2 rings (SSSR count). The van der Waals surface area contributed by atoms with Gasteiger partial charge >= 0.3 is 5.97 Å². The van der Waals surface area contributed by atoms with Crippen LogP contribution in [0.5, 0.6) is 5.75 Å². The van der Waals surface area contributed by atoms with Gasteiger partial charge in [0.15, 0.2) is 0 Å². The molecule has 0 aliphatic heterocycles. The number of carboxylic acids is 2. The molecule has 28 heavy (non-hydrogen) atoms. The molecule has 0 saturated carbocycles. The first-order valence-electron chi connectivity index (χ1n) is 9.68. The molecule has 0 fully saturated rings. The van der Waals surface area contributed by atoms with Crippen molar-refractivity contribution in [2.45, 2.75) is 65.5 Å². The number of phenolic OH excluding ortho intramolecular Hbond substituents is 1. The van der Waals surface area contributed by atoms with Gasteiger partial charge in [0, 0.05) is 35.9 Å². The van der Waals surface area contributed by atoms with Crippen LogP contribution in [0.1, 0.15) is 52.5 Å². The minimum atomic E-state index is -1.20. The Bertz CT molecular complexity index is 745. The third-order valence-electron chi connectivity index (χ3n) is 4.70. The maximum atomic E-state index is 10.00. The average Bonchev–Trinajstić information content (AvgIpc) is 2.99. The molecular weight excluding hydrogens is 360 g/mol. The van der Waals surface area contributed by atoms with Crippen LogP contribution in [0, 0.1) is 0 Å². The highest BCUT2D eigenvalue weighted by Gasteiger charge is 2.18. The largest absolute Gasteiger partial charge is 0.550 e. The van der Waals surface area contributed by atoms with E-state index in [-0.39, 0.29) is 19.3 Å². The molecule has 0 atom stereocenters. The summed E-state index contributed by atoms with van der Waals surface area (Å²) in [6.45, 7) is 10.2. The number of rotatable bonds is 9. The van der Waals surface area contributed by atoms with E-state index >= 15 is 0 Å². The lowest BCUT2D eigenvalue weighted by Crippen LogP contribution is -3.18. The van der Waals surface area contributed by atoms with Gasteiger partial charge in [-0.05, 0) is 58.2 Å². The Hall–Kier alpha value is -2.54. The van der Waals surface area contributed by atoms with Crippen LogP contribution in [-0.4, -0.2) is 45.8 Å². The molecule has 0 aliphatic carbocycles. The summed E-state index contributed by atoms with van der Waals surface area (Å²) < 4.78 is 0. The Labute approximate surface area is 166 Å². The summed E-state index contributed by atoms with van der Waals surface area (Å²) in [6.07, 6.45) is 2.89. The Morgan fingerprint density at radius 1 is 1.14 bits per heavy atom. The normalized spacial score (nSPS) is 11.1. The van der Waals surface area contributed by atoms with Crippen molar-refractivity contribution in [2.75, 3.05) is 6.54 Å². The highest BCUT2D eigenvalue weighted by atomic mass is 16.4. The van der Waals surface area contributed by atoms with Crippen molar-refractivity contribution >= 4 is 22.8 Å². The van der Waals surface area contributed by atoms with Crippen LogP contribution in [0.3, 0.4) is 0 Å². The van der Waals surface area contributed by atoms with Gasteiger partial charge in [-0.15, -0.1) is 0 Å². The number of carboxylic acid groups (broad SMARTS) is 2. The maximum absolute atomic E-state index is 10.00. The number of aliphatic carboxylic acids is 2. The fourth-order valence-corrected chi connectivity index (χ4v) is 3.34. The summed E-state index contributed by atoms with van der Waals surface area (Å²) in [7, 11) is 0. The predicted molar refractivity (Wildman–Crippen MR) is 106 cm³/mol. The molecule has 156 valence electrons. The molecular formula is C21H32N2O5. The van der Waals surface area contributed by atoms with Gasteiger partial charge in [-0.1, -0.05) is 6.07 Å². The van der Waals surface area contributed by atoms with Crippen molar-refractivity contribution in [3.63, 3.8) is 0 Å². The molecule has 0 aliphatic rings. The van der Waals surface area contributed by atoms with Crippen LogP contribution < -0.4 is 10.0 Å². The Balaban J connectivity index is 0.000000370. The lowest BCUT2D eigenvalue weighted by atomic mass is 10.1. The van der Waals surface area contributed by atoms with Crippen molar-refractivity contribution in [3.8, 4) is 5.75 Å². The number of aromatic amines is 1. The second-order valence-corrected chi connectivity index (χ2v) is 7.52. The first kappa shape index (κ1) is 23.5. The predicted octanol–water partition coefficient (Wildman–Crippen LogP) is 1.11. The van der Waals surface area contributed by atoms with Gasteiger partial charge in [-0.2, -0.15) is 0 Å². The maximum Gasteiger partial charge on any atom is 0.303 e. The minimum absolute atomic E-state index is 0.103. The van der Waals surface area contributed by atoms with E-state index in [4.69, 9.17) is 5.11 Å². The fourth-order valence-electron chi connectivity index (χ4n) is 3.34. The number of aromatic nitrogens is 1. The number of H-pyrrole nitrogens is 1. The zero-order chi connectivity index (χ0) is 21.3. The van der Waals surface area contributed by atoms with E-state index in [1.54, 1.807) is 11.0 Å². The van der Waals surface area contributed by atoms with Crippen LogP contribution in [-0.2, 0) is 16.0 Å². The van der Waals surface area contributed by atoms with Crippen molar-refractivity contribution in [3.05, 3.63) is 30.0 Å². The van der Waals surface area contributed by atoms with Crippen molar-refractivity contribution in [1.29, 1.82) is 0 Å². The number of carbonyl (C=O) groups is 2. The molecule has 0 radical (unpaired) electrons. The first-order valence-corrected chi connectivity index (χ1v) is 9.68. The summed E-state index contributed by atoms with van der Waals surface area (Å²) in [4.78, 5) is 24.3. The van der Waals surface area contributed by atoms with Gasteiger partial charge < -0.3 is 30.0 Å². The summed E-state index contributed by atoms with van der Waals surface area (Å²) in [6, 6.07) is 6.89. The third kappa shape index (κ3) is 7.60. The van der Waals surface area contributed by atoms with Crippen LogP contribution in [0.2, 0.25) is 0 Å². The lowest BCUT2D eigenvalue weighted by molar-refractivity contribution is -0.942. The minimum Gasteiger partial charge on any atom is -0.550 e. The Morgan fingerprint density at radius 2 is 1.79 bits per heavy atom. The van der Waals surface area contributed by atoms with E-state index in [1.807, 2.05) is 18.3 Å². The van der Waals surface area contributed by atoms with Gasteiger partial charge in [0.05, 0.1) is 18.6 Å². The van der Waals surface area contributed by atoms with Crippen molar-refractivity contribution in [2.24, 2.45) is 0 Å². The van der Waals surface area contributed by atoms with Gasteiger partial charge in [0.1, 0.15) is 5.75 Å². The second-order valence-electron chi connectivity index (χ2n) is 7.52. The van der Waals surface area contributed by atoms with E-state index in [0.29, 0.717) is 17.8 Å². The topological polar surface area (TPSA) is 118 Å². The molecule has 4 N–H and O–H groups in total. The molecule has 0 saturated heterocycles. The van der Waals surface area contributed by atoms with Crippen LogP contribution in [0.25, 0.3) is 10.9 Å². The number of fused-ring (bicyclic) bond motifs is 1. The average molecular weight is 392 g/mol. The highest BCUT2D eigenvalue weighted by Crippen LogP contribution is 2.27. The molecule has 1 heterocycles. The number of aromatic hydroxyl groups is 1. The zero-order valence-electron chi connectivity index (χ0n) is 17.1. The summed E-state index contributed by atoms with van der Waals surface area (Å²) in [5, 5.41) is 28.7. The molecule has 0 bridgehead atoms. The smallest absolute Gasteiger partial charge is 0.303 e. The summed E-state index contributed by atoms with van der Waals surface area (Å²) >= 11 is 0. The monoisotopic (exact) mass is 392 g/mol. The quantitative estimate of drug-likeness (QED) is 0.510. The Morgan fingerprint density at radius 3 is 2.32 bits per heavy atom. The van der Waals surface area contributed by atoms with Gasteiger partial charge in [0.2, 0.25) is 0 Å². The van der Waals surface area contributed by atoms with Gasteiger partial charge in [-0.25, -0.2) is 0 Å². The number of nitrogens with one attached hydrogen (secondary N) is 2. The molecule has 2 aromatic rings. The van der Waals surface area contributed by atoms with Gasteiger partial charge in [-0.3, -0.25) is 4.79 Å². The van der Waals surface area contributed by atoms with Crippen LogP contribution in [0.4, 0.5) is 0 Å². The molecule has 1 aromatic heterocycles. The van der Waals surface area contributed by atoms with Crippen molar-refractivity contribution in [1.82, 2.24) is 4.98 Å². The molecule has 7 nitrogen and oxygen atoms in total. The Kier molecular flexibility index (Phi) is 9.51. The molecule has 0 spiro atoms. The highest BCUT2D eigenvalue weighted by molar-refractivity contribution is 5.88. The van der Waals surface area contributed by atoms with E-state index in [9.17, 15) is 19.8 Å². The number of hydrogen-bond donors (Lipinski definition) is 4. The number of quaternary nitrogens is 1. The van der Waals surface area contributed by atoms with Gasteiger partial charge in [0.25, 0.3) is 0 Å². The lowest BCUT2D eigenvalue weighted by Gasteiger charge is -2.27. The fraction of sp³-hybridized carbons (Fsp3) is 0.524. The van der Waals surface area contributed by atoms with E-state index in [0.717, 1.165) is 23.9 Å². The van der Waals surface area contributed by atoms with Crippen LogP contribution >= 0.6 is 0 Å². The summed E-state index contributed by atoms with van der Waals surface area (Å²) in [5.74, 6) is -1.79. The van der Waals surface area contributed by atoms with E-state index in [2.05, 4.69) is 32.7 Å². The second kappa shape index (κ2) is 11.3. The zero-order valence-corrected chi connectivity index (χ0v) is 17.1. The summed E-state index contributed by atoms with van der Waals surface area (Å²) in [5.41, 5.74) is 2.23.